The molecule has 0 fully saturated rings. The largest absolute Gasteiger partial charge is 0.469 e. The Bertz CT molecular complexity index is 259. The fraction of sp³-hybridized carbons (Fsp3) is 0.750. The normalized spacial score (nSPS) is 11.3. The monoisotopic (exact) mass is 199 g/mol. The number of rotatable bonds is 6. The number of nitrogens with zero attached hydrogens (tertiary/aromatic N) is 3. The molecule has 0 aromatic carbocycles. The second-order valence-electron chi connectivity index (χ2n) is 2.86. The van der Waals surface area contributed by atoms with Gasteiger partial charge in [0.15, 0.2) is 0 Å². The molecule has 0 aliphatic heterocycles. The van der Waals surface area contributed by atoms with Crippen molar-refractivity contribution in [1.82, 2.24) is 0 Å². The van der Waals surface area contributed by atoms with Gasteiger partial charge >= 0.3 is 5.97 Å². The smallest absolute Gasteiger partial charge is 0.313 e. The summed E-state index contributed by atoms with van der Waals surface area (Å²) in [6.45, 7) is 1.96. The average molecular weight is 199 g/mol. The van der Waals surface area contributed by atoms with Gasteiger partial charge in [-0.2, -0.15) is 0 Å². The quantitative estimate of drug-likeness (QED) is 0.213. The number of ether oxygens (including phenoxy) is 1. The maximum atomic E-state index is 11.3. The van der Waals surface area contributed by atoms with Gasteiger partial charge in [-0.05, 0) is 12.0 Å². The van der Waals surface area contributed by atoms with Crippen LogP contribution in [0.4, 0.5) is 0 Å². The van der Waals surface area contributed by atoms with Crippen LogP contribution in [0.3, 0.4) is 0 Å². The van der Waals surface area contributed by atoms with Crippen LogP contribution >= 0.6 is 0 Å². The van der Waals surface area contributed by atoms with Crippen LogP contribution in [-0.4, -0.2) is 25.4 Å². The fourth-order valence-corrected chi connectivity index (χ4v) is 0.846. The number of Topliss-reactive ketones (excluding diaryl/α,β-unsaturated/α-hetero) is 1. The van der Waals surface area contributed by atoms with Crippen molar-refractivity contribution in [2.24, 2.45) is 11.0 Å². The number of carbonyl (C=O) groups is 2. The van der Waals surface area contributed by atoms with E-state index in [1.807, 2.05) is 0 Å². The number of hydrogen-bond acceptors (Lipinski definition) is 4. The molecule has 0 aromatic rings. The summed E-state index contributed by atoms with van der Waals surface area (Å²) >= 11 is 0. The van der Waals surface area contributed by atoms with E-state index < -0.39 is 5.97 Å². The highest BCUT2D eigenvalue weighted by molar-refractivity contribution is 5.96. The van der Waals surface area contributed by atoms with Crippen molar-refractivity contribution >= 4 is 11.8 Å². The Balaban J connectivity index is 3.87. The van der Waals surface area contributed by atoms with Gasteiger partial charge in [0, 0.05) is 17.4 Å². The predicted molar refractivity (Wildman–Crippen MR) is 49.4 cm³/mol. The molecule has 1 unspecified atom stereocenters. The van der Waals surface area contributed by atoms with Crippen molar-refractivity contribution in [3.05, 3.63) is 10.4 Å². The van der Waals surface area contributed by atoms with Crippen LogP contribution in [0.1, 0.15) is 19.8 Å². The number of azide groups is 1. The lowest BCUT2D eigenvalue weighted by molar-refractivity contribution is -0.144. The molecule has 6 nitrogen and oxygen atoms in total. The van der Waals surface area contributed by atoms with E-state index in [2.05, 4.69) is 14.8 Å². The maximum Gasteiger partial charge on any atom is 0.313 e. The van der Waals surface area contributed by atoms with Gasteiger partial charge in [-0.15, -0.1) is 0 Å². The van der Waals surface area contributed by atoms with Crippen molar-refractivity contribution in [2.75, 3.05) is 13.7 Å². The second kappa shape index (κ2) is 6.91. The molecule has 0 bridgehead atoms. The van der Waals surface area contributed by atoms with E-state index in [1.165, 1.54) is 7.11 Å². The SMILES string of the molecule is COC(=O)CC(=O)C(C)CCN=[N+]=[N-]. The Hall–Kier alpha value is -1.55. The van der Waals surface area contributed by atoms with Crippen LogP contribution in [0, 0.1) is 5.92 Å². The van der Waals surface area contributed by atoms with E-state index >= 15 is 0 Å². The summed E-state index contributed by atoms with van der Waals surface area (Å²) in [7, 11) is 1.24. The first-order valence-electron chi connectivity index (χ1n) is 4.22. The summed E-state index contributed by atoms with van der Waals surface area (Å²) in [4.78, 5) is 24.6. The summed E-state index contributed by atoms with van der Waals surface area (Å²) in [6.07, 6.45) is 0.244. The van der Waals surface area contributed by atoms with Crippen molar-refractivity contribution in [3.8, 4) is 0 Å². The third-order valence-electron chi connectivity index (χ3n) is 1.82. The van der Waals surface area contributed by atoms with Crippen molar-refractivity contribution in [3.63, 3.8) is 0 Å². The van der Waals surface area contributed by atoms with Crippen LogP contribution < -0.4 is 0 Å². The first kappa shape index (κ1) is 12.4. The molecule has 0 rings (SSSR count). The number of ketones is 1. The molecular weight excluding hydrogens is 186 g/mol. The molecular formula is C8H13N3O3. The van der Waals surface area contributed by atoms with Crippen LogP contribution in [0.5, 0.6) is 0 Å². The molecule has 6 heteroatoms. The molecule has 0 spiro atoms. The molecule has 0 N–H and O–H groups in total. The van der Waals surface area contributed by atoms with Crippen molar-refractivity contribution in [1.29, 1.82) is 0 Å². The molecule has 14 heavy (non-hydrogen) atoms. The molecule has 0 saturated carbocycles. The lowest BCUT2D eigenvalue weighted by atomic mass is 10.0. The lowest BCUT2D eigenvalue weighted by Gasteiger charge is -2.06. The Kier molecular flexibility index (Phi) is 6.15. The van der Waals surface area contributed by atoms with E-state index in [0.29, 0.717) is 6.42 Å². The Morgan fingerprint density at radius 2 is 2.21 bits per heavy atom. The van der Waals surface area contributed by atoms with Gasteiger partial charge in [-0.3, -0.25) is 9.59 Å². The first-order valence-corrected chi connectivity index (χ1v) is 4.22. The summed E-state index contributed by atoms with van der Waals surface area (Å²) in [5.74, 6) is -1.00. The molecule has 0 aromatic heterocycles. The molecule has 78 valence electrons. The Morgan fingerprint density at radius 1 is 1.57 bits per heavy atom. The predicted octanol–water partition coefficient (Wildman–Crippen LogP) is 1.46. The molecule has 0 aliphatic carbocycles. The summed E-state index contributed by atoms with van der Waals surface area (Å²) in [5.41, 5.74) is 8.00. The van der Waals surface area contributed by atoms with E-state index in [-0.39, 0.29) is 24.7 Å². The van der Waals surface area contributed by atoms with Gasteiger partial charge in [-0.1, -0.05) is 12.0 Å². The van der Waals surface area contributed by atoms with Gasteiger partial charge in [-0.25, -0.2) is 0 Å². The van der Waals surface area contributed by atoms with Crippen LogP contribution in [0.2, 0.25) is 0 Å². The molecule has 0 heterocycles. The van der Waals surface area contributed by atoms with Crippen LogP contribution in [-0.2, 0) is 14.3 Å². The van der Waals surface area contributed by atoms with Gasteiger partial charge in [0.05, 0.1) is 7.11 Å². The highest BCUT2D eigenvalue weighted by Gasteiger charge is 2.16. The Labute approximate surface area is 81.9 Å². The van der Waals surface area contributed by atoms with Crippen LogP contribution in [0.25, 0.3) is 10.4 Å². The highest BCUT2D eigenvalue weighted by Crippen LogP contribution is 2.06. The summed E-state index contributed by atoms with van der Waals surface area (Å²) < 4.78 is 4.35. The minimum absolute atomic E-state index is 0.190. The van der Waals surface area contributed by atoms with Crippen molar-refractivity contribution in [2.45, 2.75) is 19.8 Å². The number of hydrogen-bond donors (Lipinski definition) is 0. The molecule has 0 aliphatic rings. The average Bonchev–Trinajstić information content (AvgIpc) is 2.17. The Morgan fingerprint density at radius 3 is 2.71 bits per heavy atom. The third kappa shape index (κ3) is 5.16. The van der Waals surface area contributed by atoms with E-state index in [1.54, 1.807) is 6.92 Å². The number of methoxy groups -OCH3 is 1. The van der Waals surface area contributed by atoms with Crippen LogP contribution in [0.15, 0.2) is 5.11 Å². The number of esters is 1. The molecule has 0 radical (unpaired) electrons. The van der Waals surface area contributed by atoms with E-state index in [9.17, 15) is 9.59 Å². The lowest BCUT2D eigenvalue weighted by Crippen LogP contribution is -2.17. The van der Waals surface area contributed by atoms with E-state index in [0.717, 1.165) is 0 Å². The summed E-state index contributed by atoms with van der Waals surface area (Å²) in [5, 5.41) is 3.31. The fourth-order valence-electron chi connectivity index (χ4n) is 0.846. The standard InChI is InChI=1S/C8H13N3O3/c1-6(3-4-10-11-9)7(12)5-8(13)14-2/h6H,3-5H2,1-2H3. The zero-order chi connectivity index (χ0) is 11.0. The van der Waals surface area contributed by atoms with Gasteiger partial charge in [0.2, 0.25) is 0 Å². The highest BCUT2D eigenvalue weighted by atomic mass is 16.5. The van der Waals surface area contributed by atoms with Gasteiger partial charge in [0.1, 0.15) is 12.2 Å². The van der Waals surface area contributed by atoms with E-state index in [4.69, 9.17) is 5.53 Å². The summed E-state index contributed by atoms with van der Waals surface area (Å²) in [6, 6.07) is 0. The minimum Gasteiger partial charge on any atom is -0.469 e. The van der Waals surface area contributed by atoms with Gasteiger partial charge < -0.3 is 4.74 Å². The molecule has 1 atom stereocenters. The topological polar surface area (TPSA) is 92.1 Å². The third-order valence-corrected chi connectivity index (χ3v) is 1.82. The van der Waals surface area contributed by atoms with Crippen molar-refractivity contribution < 1.29 is 14.3 Å². The zero-order valence-electron chi connectivity index (χ0n) is 8.27. The maximum absolute atomic E-state index is 11.3. The first-order chi connectivity index (χ1) is 6.61. The second-order valence-corrected chi connectivity index (χ2v) is 2.86. The molecule has 0 amide bonds. The minimum atomic E-state index is -0.536. The zero-order valence-corrected chi connectivity index (χ0v) is 8.27. The molecule has 0 saturated heterocycles. The van der Waals surface area contributed by atoms with Gasteiger partial charge in [0.25, 0.3) is 0 Å². The number of carbonyl (C=O) groups excluding carboxylic acids is 2.